The minimum Gasteiger partial charge on any atom is -0.494 e. The van der Waals surface area contributed by atoms with E-state index in [9.17, 15) is 26.4 Å². The Morgan fingerprint density at radius 1 is 1.09 bits per heavy atom. The van der Waals surface area contributed by atoms with Gasteiger partial charge in [-0.15, -0.1) is 0 Å². The van der Waals surface area contributed by atoms with E-state index in [4.69, 9.17) is 4.74 Å². The van der Waals surface area contributed by atoms with Crippen LogP contribution in [-0.2, 0) is 21.0 Å². The maximum absolute atomic E-state index is 13.1. The normalized spacial score (nSPS) is 15.9. The Morgan fingerprint density at radius 2 is 1.72 bits per heavy atom. The van der Waals surface area contributed by atoms with Crippen LogP contribution in [0.2, 0.25) is 0 Å². The molecule has 2 aromatic carbocycles. The van der Waals surface area contributed by atoms with E-state index in [-0.39, 0.29) is 36.5 Å². The summed E-state index contributed by atoms with van der Waals surface area (Å²) in [6, 6.07) is 10.9. The molecule has 0 aliphatic carbocycles. The molecule has 1 amide bonds. The quantitative estimate of drug-likeness (QED) is 0.602. The maximum atomic E-state index is 13.1. The van der Waals surface area contributed by atoms with E-state index in [0.717, 1.165) is 6.07 Å². The molecular formula is C21H24F3N3O4S. The topological polar surface area (TPSA) is 87.7 Å². The van der Waals surface area contributed by atoms with Gasteiger partial charge in [0, 0.05) is 19.0 Å². The molecule has 2 aromatic rings. The molecule has 1 heterocycles. The molecule has 0 spiro atoms. The Morgan fingerprint density at radius 3 is 2.31 bits per heavy atom. The number of carbonyl (C=O) groups excluding carboxylic acids is 1. The number of nitrogens with zero attached hydrogens (tertiary/aromatic N) is 1. The molecule has 0 saturated carbocycles. The summed E-state index contributed by atoms with van der Waals surface area (Å²) in [6.07, 6.45) is -4.05. The van der Waals surface area contributed by atoms with Crippen molar-refractivity contribution in [2.75, 3.05) is 25.1 Å². The monoisotopic (exact) mass is 471 g/mol. The van der Waals surface area contributed by atoms with Gasteiger partial charge in [-0.1, -0.05) is 12.1 Å². The highest BCUT2D eigenvalue weighted by Gasteiger charge is 2.34. The number of ether oxygens (including phenoxy) is 1. The van der Waals surface area contributed by atoms with Crippen LogP contribution >= 0.6 is 0 Å². The van der Waals surface area contributed by atoms with Gasteiger partial charge in [0.1, 0.15) is 5.75 Å². The Hall–Kier alpha value is -2.79. The smallest absolute Gasteiger partial charge is 0.418 e. The molecule has 0 aromatic heterocycles. The van der Waals surface area contributed by atoms with E-state index in [2.05, 4.69) is 10.9 Å². The Labute approximate surface area is 184 Å². The van der Waals surface area contributed by atoms with Crippen LogP contribution in [0, 0.1) is 5.92 Å². The van der Waals surface area contributed by atoms with E-state index in [1.54, 1.807) is 12.1 Å². The second kappa shape index (κ2) is 9.78. The van der Waals surface area contributed by atoms with Crippen LogP contribution in [0.15, 0.2) is 53.4 Å². The average molecular weight is 472 g/mol. The molecule has 0 unspecified atom stereocenters. The molecular weight excluding hydrogens is 447 g/mol. The number of hydrogen-bond donors (Lipinski definition) is 2. The van der Waals surface area contributed by atoms with Gasteiger partial charge in [-0.25, -0.2) is 8.42 Å². The number of sulfonamides is 1. The molecule has 1 aliphatic rings. The fraction of sp³-hybridized carbons (Fsp3) is 0.381. The number of halogens is 3. The summed E-state index contributed by atoms with van der Waals surface area (Å²) in [5.74, 6) is -0.436. The summed E-state index contributed by atoms with van der Waals surface area (Å²) in [4.78, 5) is 12.6. The number of piperidine rings is 1. The number of para-hydroxylation sites is 1. The predicted octanol–water partition coefficient (Wildman–Crippen LogP) is 3.65. The number of benzene rings is 2. The number of hydrazine groups is 1. The molecule has 0 bridgehead atoms. The van der Waals surface area contributed by atoms with Crippen molar-refractivity contribution in [3.8, 4) is 5.75 Å². The molecule has 3 rings (SSSR count). The van der Waals surface area contributed by atoms with Crippen molar-refractivity contribution < 1.29 is 31.1 Å². The standard InChI is InChI=1S/C21H24F3N3O4S/c1-2-31-16-7-9-17(10-8-16)32(29,30)27-13-11-15(12-14-27)20(28)26-25-19-6-4-3-5-18(19)21(22,23)24/h3-10,15,25H,2,11-14H2,1H3,(H,26,28). The lowest BCUT2D eigenvalue weighted by atomic mass is 9.97. The molecule has 174 valence electrons. The van der Waals surface area contributed by atoms with Crippen LogP contribution in [0.1, 0.15) is 25.3 Å². The number of rotatable bonds is 7. The zero-order valence-corrected chi connectivity index (χ0v) is 18.2. The lowest BCUT2D eigenvalue weighted by molar-refractivity contribution is -0.137. The van der Waals surface area contributed by atoms with Crippen molar-refractivity contribution >= 4 is 21.6 Å². The van der Waals surface area contributed by atoms with Crippen LogP contribution < -0.4 is 15.6 Å². The number of anilines is 1. The van der Waals surface area contributed by atoms with Gasteiger partial charge in [0.25, 0.3) is 0 Å². The molecule has 0 atom stereocenters. The van der Waals surface area contributed by atoms with Crippen LogP contribution in [0.5, 0.6) is 5.75 Å². The third-order valence-corrected chi connectivity index (χ3v) is 7.06. The first kappa shape index (κ1) is 23.9. The molecule has 7 nitrogen and oxygen atoms in total. The van der Waals surface area contributed by atoms with Crippen LogP contribution in [0.3, 0.4) is 0 Å². The number of nitrogens with one attached hydrogen (secondary N) is 2. The first-order valence-electron chi connectivity index (χ1n) is 10.1. The van der Waals surface area contributed by atoms with Gasteiger partial charge in [-0.3, -0.25) is 15.6 Å². The fourth-order valence-corrected chi connectivity index (χ4v) is 4.92. The molecule has 32 heavy (non-hydrogen) atoms. The van der Waals surface area contributed by atoms with Crippen molar-refractivity contribution in [3.05, 3.63) is 54.1 Å². The van der Waals surface area contributed by atoms with E-state index in [0.29, 0.717) is 12.4 Å². The van der Waals surface area contributed by atoms with Crippen LogP contribution in [0.4, 0.5) is 18.9 Å². The molecule has 0 radical (unpaired) electrons. The fourth-order valence-electron chi connectivity index (χ4n) is 3.45. The Bertz CT molecular complexity index is 1040. The second-order valence-corrected chi connectivity index (χ2v) is 9.18. The number of hydrogen-bond acceptors (Lipinski definition) is 5. The first-order valence-corrected chi connectivity index (χ1v) is 11.5. The highest BCUT2D eigenvalue weighted by atomic mass is 32.2. The van der Waals surface area contributed by atoms with Gasteiger partial charge in [-0.05, 0) is 56.2 Å². The minimum absolute atomic E-state index is 0.132. The van der Waals surface area contributed by atoms with E-state index in [1.807, 2.05) is 6.92 Å². The second-order valence-electron chi connectivity index (χ2n) is 7.24. The maximum Gasteiger partial charge on any atom is 0.418 e. The SMILES string of the molecule is CCOc1ccc(S(=O)(=O)N2CCC(C(=O)NNc3ccccc3C(F)(F)F)CC2)cc1. The van der Waals surface area contributed by atoms with Gasteiger partial charge >= 0.3 is 6.18 Å². The van der Waals surface area contributed by atoms with Crippen LogP contribution in [-0.4, -0.2) is 38.3 Å². The Balaban J connectivity index is 1.57. The van der Waals surface area contributed by atoms with Crippen LogP contribution in [0.25, 0.3) is 0 Å². The molecule has 11 heteroatoms. The van der Waals surface area contributed by atoms with Gasteiger partial charge < -0.3 is 4.74 Å². The van der Waals surface area contributed by atoms with E-state index >= 15 is 0 Å². The summed E-state index contributed by atoms with van der Waals surface area (Å²) >= 11 is 0. The van der Waals surface area contributed by atoms with Gasteiger partial charge in [-0.2, -0.15) is 17.5 Å². The van der Waals surface area contributed by atoms with Gasteiger partial charge in [0.15, 0.2) is 0 Å². The van der Waals surface area contributed by atoms with Crippen molar-refractivity contribution in [2.24, 2.45) is 5.92 Å². The zero-order valence-electron chi connectivity index (χ0n) is 17.4. The molecule has 1 aliphatic heterocycles. The summed E-state index contributed by atoms with van der Waals surface area (Å²) in [7, 11) is -3.71. The summed E-state index contributed by atoms with van der Waals surface area (Å²) < 4.78 is 71.5. The van der Waals surface area contributed by atoms with Gasteiger partial charge in [0.2, 0.25) is 15.9 Å². The largest absolute Gasteiger partial charge is 0.494 e. The Kier molecular flexibility index (Phi) is 7.29. The van der Waals surface area contributed by atoms with Gasteiger partial charge in [0.05, 0.1) is 22.8 Å². The van der Waals surface area contributed by atoms with Crippen molar-refractivity contribution in [3.63, 3.8) is 0 Å². The third kappa shape index (κ3) is 5.52. The zero-order chi connectivity index (χ0) is 23.4. The summed E-state index contributed by atoms with van der Waals surface area (Å²) in [5.41, 5.74) is 3.50. The number of carbonyl (C=O) groups is 1. The number of alkyl halides is 3. The third-order valence-electron chi connectivity index (χ3n) is 5.15. The summed E-state index contributed by atoms with van der Waals surface area (Å²) in [5, 5.41) is 0. The summed E-state index contributed by atoms with van der Waals surface area (Å²) in [6.45, 7) is 2.56. The lowest BCUT2D eigenvalue weighted by Crippen LogP contribution is -2.44. The van der Waals surface area contributed by atoms with Crippen molar-refractivity contribution in [1.29, 1.82) is 0 Å². The lowest BCUT2D eigenvalue weighted by Gasteiger charge is -2.30. The highest BCUT2D eigenvalue weighted by Crippen LogP contribution is 2.34. The highest BCUT2D eigenvalue weighted by molar-refractivity contribution is 7.89. The average Bonchev–Trinajstić information content (AvgIpc) is 2.78. The first-order chi connectivity index (χ1) is 15.1. The van der Waals surface area contributed by atoms with E-state index in [1.165, 1.54) is 34.6 Å². The number of amides is 1. The predicted molar refractivity (Wildman–Crippen MR) is 112 cm³/mol. The van der Waals surface area contributed by atoms with Crippen molar-refractivity contribution in [1.82, 2.24) is 9.73 Å². The van der Waals surface area contributed by atoms with E-state index < -0.39 is 33.6 Å². The van der Waals surface area contributed by atoms with Crippen molar-refractivity contribution in [2.45, 2.75) is 30.8 Å². The molecule has 1 saturated heterocycles. The minimum atomic E-state index is -4.56. The molecule has 1 fully saturated rings. The molecule has 2 N–H and O–H groups in total.